The van der Waals surface area contributed by atoms with Crippen LogP contribution in [-0.4, -0.2) is 78.7 Å². The van der Waals surface area contributed by atoms with Gasteiger partial charge in [-0.25, -0.2) is 4.98 Å². The monoisotopic (exact) mass is 561 g/mol. The first kappa shape index (κ1) is 26.8. The zero-order valence-electron chi connectivity index (χ0n) is 24.0. The second kappa shape index (κ2) is 11.2. The molecule has 1 N–H and O–H groups in total. The Balaban J connectivity index is 1.26. The first-order valence-corrected chi connectivity index (χ1v) is 13.6. The summed E-state index contributed by atoms with van der Waals surface area (Å²) in [5, 5.41) is 3.44. The predicted molar refractivity (Wildman–Crippen MR) is 155 cm³/mol. The van der Waals surface area contributed by atoms with Gasteiger partial charge in [-0.15, -0.1) is 0 Å². The van der Waals surface area contributed by atoms with E-state index in [0.717, 1.165) is 55.6 Å². The summed E-state index contributed by atoms with van der Waals surface area (Å²) in [5.41, 5.74) is 3.41. The fourth-order valence-electron chi connectivity index (χ4n) is 5.20. The Morgan fingerprint density at radius 3 is 2.32 bits per heavy atom. The third kappa shape index (κ3) is 5.22. The van der Waals surface area contributed by atoms with Gasteiger partial charge in [0.15, 0.2) is 40.0 Å². The maximum Gasteiger partial charge on any atom is 0.231 e. The third-order valence-corrected chi connectivity index (χ3v) is 7.39. The summed E-state index contributed by atoms with van der Waals surface area (Å²) < 4.78 is 29.7. The SMILES string of the molecule is COc1cc(Nc2nc(N3CCN(Cc4ccc5c(c4)OCO5)CC3)nc3c2ncn3C(C)C)cc(OC)c1OC. The van der Waals surface area contributed by atoms with Crippen molar-refractivity contribution in [1.82, 2.24) is 24.4 Å². The molecule has 0 bridgehead atoms. The van der Waals surface area contributed by atoms with E-state index in [9.17, 15) is 0 Å². The molecule has 0 saturated carbocycles. The van der Waals surface area contributed by atoms with Gasteiger partial charge in [0, 0.05) is 56.6 Å². The highest BCUT2D eigenvalue weighted by molar-refractivity contribution is 5.87. The lowest BCUT2D eigenvalue weighted by Gasteiger charge is -2.35. The van der Waals surface area contributed by atoms with Gasteiger partial charge in [0.2, 0.25) is 18.5 Å². The van der Waals surface area contributed by atoms with Gasteiger partial charge in [-0.05, 0) is 31.5 Å². The number of methoxy groups -OCH3 is 3. The van der Waals surface area contributed by atoms with Gasteiger partial charge in [0.05, 0.1) is 27.7 Å². The molecule has 216 valence electrons. The molecule has 1 fully saturated rings. The smallest absolute Gasteiger partial charge is 0.231 e. The van der Waals surface area contributed by atoms with Crippen LogP contribution in [0.5, 0.6) is 28.7 Å². The standard InChI is InChI=1S/C29H35N7O5/c1-18(2)36-16-30-25-27(31-20-13-23(37-3)26(39-5)24(14-20)38-4)32-29(33-28(25)36)35-10-8-34(9-11-35)15-19-6-7-21-22(12-19)41-17-40-21/h6-7,12-14,16,18H,8-11,15,17H2,1-5H3,(H,31,32,33). The summed E-state index contributed by atoms with van der Waals surface area (Å²) >= 11 is 0. The van der Waals surface area contributed by atoms with Crippen LogP contribution in [0.1, 0.15) is 25.5 Å². The van der Waals surface area contributed by atoms with Gasteiger partial charge in [0.1, 0.15) is 0 Å². The van der Waals surface area contributed by atoms with Crippen molar-refractivity contribution in [2.45, 2.75) is 26.4 Å². The summed E-state index contributed by atoms with van der Waals surface area (Å²) in [5.74, 6) is 4.52. The van der Waals surface area contributed by atoms with Crippen LogP contribution in [0.25, 0.3) is 11.2 Å². The number of hydrogen-bond acceptors (Lipinski definition) is 11. The van der Waals surface area contributed by atoms with E-state index in [-0.39, 0.29) is 12.8 Å². The van der Waals surface area contributed by atoms with E-state index in [1.165, 1.54) is 5.56 Å². The minimum Gasteiger partial charge on any atom is -0.493 e. The fraction of sp³-hybridized carbons (Fsp3) is 0.414. The summed E-state index contributed by atoms with van der Waals surface area (Å²) in [7, 11) is 4.78. The zero-order valence-corrected chi connectivity index (χ0v) is 24.0. The number of imidazole rings is 1. The van der Waals surface area contributed by atoms with Gasteiger partial charge in [0.25, 0.3) is 0 Å². The number of piperazine rings is 1. The van der Waals surface area contributed by atoms with Gasteiger partial charge in [-0.2, -0.15) is 9.97 Å². The molecule has 6 rings (SSSR count). The average Bonchev–Trinajstić information content (AvgIpc) is 3.64. The van der Waals surface area contributed by atoms with Crippen molar-refractivity contribution in [1.29, 1.82) is 0 Å². The third-order valence-electron chi connectivity index (χ3n) is 7.39. The second-order valence-corrected chi connectivity index (χ2v) is 10.3. The fourth-order valence-corrected chi connectivity index (χ4v) is 5.20. The van der Waals surface area contributed by atoms with Crippen molar-refractivity contribution in [3.05, 3.63) is 42.2 Å². The first-order valence-electron chi connectivity index (χ1n) is 13.6. The van der Waals surface area contributed by atoms with Crippen LogP contribution in [0.15, 0.2) is 36.7 Å². The van der Waals surface area contributed by atoms with Crippen LogP contribution in [0.4, 0.5) is 17.5 Å². The number of nitrogens with zero attached hydrogens (tertiary/aromatic N) is 6. The van der Waals surface area contributed by atoms with Crippen molar-refractivity contribution >= 4 is 28.6 Å². The van der Waals surface area contributed by atoms with Gasteiger partial charge >= 0.3 is 0 Å². The van der Waals surface area contributed by atoms with E-state index in [4.69, 9.17) is 33.7 Å². The molecule has 0 spiro atoms. The number of fused-ring (bicyclic) bond motifs is 2. The first-order chi connectivity index (χ1) is 20.0. The van der Waals surface area contributed by atoms with Crippen LogP contribution in [-0.2, 0) is 6.54 Å². The number of ether oxygens (including phenoxy) is 5. The average molecular weight is 562 g/mol. The van der Waals surface area contributed by atoms with Crippen molar-refractivity contribution in [3.63, 3.8) is 0 Å². The molecule has 0 unspecified atom stereocenters. The highest BCUT2D eigenvalue weighted by Crippen LogP contribution is 2.41. The Morgan fingerprint density at radius 1 is 0.902 bits per heavy atom. The predicted octanol–water partition coefficient (Wildman–Crippen LogP) is 4.23. The Hall–Kier alpha value is -4.45. The largest absolute Gasteiger partial charge is 0.493 e. The summed E-state index contributed by atoms with van der Waals surface area (Å²) in [6.07, 6.45) is 1.82. The number of aromatic nitrogens is 4. The summed E-state index contributed by atoms with van der Waals surface area (Å²) in [4.78, 5) is 19.3. The van der Waals surface area contributed by atoms with Crippen molar-refractivity contribution in [2.24, 2.45) is 0 Å². The molecule has 0 radical (unpaired) electrons. The molecule has 1 saturated heterocycles. The summed E-state index contributed by atoms with van der Waals surface area (Å²) in [6.45, 7) is 8.73. The highest BCUT2D eigenvalue weighted by Gasteiger charge is 2.24. The lowest BCUT2D eigenvalue weighted by molar-refractivity contribution is 0.174. The molecule has 4 aromatic rings. The molecule has 2 aromatic heterocycles. The lowest BCUT2D eigenvalue weighted by Crippen LogP contribution is -2.46. The van der Waals surface area contributed by atoms with Crippen LogP contribution in [0.2, 0.25) is 0 Å². The molecular weight excluding hydrogens is 526 g/mol. The number of anilines is 3. The maximum absolute atomic E-state index is 5.55. The molecule has 41 heavy (non-hydrogen) atoms. The van der Waals surface area contributed by atoms with Crippen LogP contribution in [0.3, 0.4) is 0 Å². The van der Waals surface area contributed by atoms with E-state index in [1.54, 1.807) is 21.3 Å². The zero-order chi connectivity index (χ0) is 28.5. The van der Waals surface area contributed by atoms with Crippen LogP contribution >= 0.6 is 0 Å². The second-order valence-electron chi connectivity index (χ2n) is 10.3. The van der Waals surface area contributed by atoms with Crippen molar-refractivity contribution in [3.8, 4) is 28.7 Å². The molecule has 2 aliphatic rings. The molecule has 0 atom stereocenters. The van der Waals surface area contributed by atoms with E-state index in [0.29, 0.717) is 34.5 Å². The van der Waals surface area contributed by atoms with E-state index in [1.807, 2.05) is 24.5 Å². The van der Waals surface area contributed by atoms with Crippen LogP contribution in [0, 0.1) is 0 Å². The molecule has 2 aliphatic heterocycles. The Bertz CT molecular complexity index is 1520. The topological polar surface area (TPSA) is 108 Å². The molecule has 12 heteroatoms. The normalized spacial score (nSPS) is 15.0. The number of benzene rings is 2. The Kier molecular flexibility index (Phi) is 7.31. The van der Waals surface area contributed by atoms with Crippen molar-refractivity contribution < 1.29 is 23.7 Å². The minimum absolute atomic E-state index is 0.190. The quantitative estimate of drug-likeness (QED) is 0.317. The molecular formula is C29H35N7O5. The Labute approximate surface area is 238 Å². The number of nitrogens with one attached hydrogen (secondary N) is 1. The van der Waals surface area contributed by atoms with Crippen LogP contribution < -0.4 is 33.9 Å². The molecule has 12 nitrogen and oxygen atoms in total. The number of hydrogen-bond donors (Lipinski definition) is 1. The highest BCUT2D eigenvalue weighted by atomic mass is 16.7. The van der Waals surface area contributed by atoms with Gasteiger partial charge in [-0.1, -0.05) is 6.07 Å². The van der Waals surface area contributed by atoms with E-state index < -0.39 is 0 Å². The Morgan fingerprint density at radius 2 is 1.63 bits per heavy atom. The van der Waals surface area contributed by atoms with E-state index in [2.05, 4.69) is 50.6 Å². The molecule has 0 amide bonds. The van der Waals surface area contributed by atoms with Crippen molar-refractivity contribution in [2.75, 3.05) is 64.5 Å². The number of rotatable bonds is 9. The minimum atomic E-state index is 0.190. The molecule has 2 aromatic carbocycles. The van der Waals surface area contributed by atoms with Gasteiger partial charge in [-0.3, -0.25) is 4.90 Å². The molecule has 4 heterocycles. The molecule has 0 aliphatic carbocycles. The van der Waals surface area contributed by atoms with E-state index >= 15 is 0 Å². The maximum atomic E-state index is 5.55. The lowest BCUT2D eigenvalue weighted by atomic mass is 10.1. The van der Waals surface area contributed by atoms with Gasteiger partial charge < -0.3 is 38.5 Å². The summed E-state index contributed by atoms with van der Waals surface area (Å²) in [6, 6.07) is 10.0.